The number of rotatable bonds is 10. The average Bonchev–Trinajstić information content (AvgIpc) is 2.93. The van der Waals surface area contributed by atoms with Gasteiger partial charge in [0.25, 0.3) is 5.91 Å². The molecule has 1 aromatic heterocycles. The van der Waals surface area contributed by atoms with Gasteiger partial charge in [0, 0.05) is 35.6 Å². The molecule has 0 bridgehead atoms. The van der Waals surface area contributed by atoms with E-state index in [2.05, 4.69) is 10.3 Å². The highest BCUT2D eigenvalue weighted by Crippen LogP contribution is 2.24. The number of benzene rings is 3. The van der Waals surface area contributed by atoms with Crippen molar-refractivity contribution in [3.8, 4) is 11.1 Å². The molecule has 0 fully saturated rings. The summed E-state index contributed by atoms with van der Waals surface area (Å²) in [6, 6.07) is 22.2. The summed E-state index contributed by atoms with van der Waals surface area (Å²) < 4.78 is 13.5. The quantitative estimate of drug-likeness (QED) is 0.242. The molecular weight excluding hydrogens is 483 g/mol. The second kappa shape index (κ2) is 12.1. The van der Waals surface area contributed by atoms with Gasteiger partial charge in [0.05, 0.1) is 5.92 Å². The number of hydrogen-bond donors (Lipinski definition) is 2. The maximum Gasteiger partial charge on any atom is 0.306 e. The van der Waals surface area contributed by atoms with Crippen LogP contribution in [0, 0.1) is 18.7 Å². The van der Waals surface area contributed by atoms with E-state index >= 15 is 0 Å². The van der Waals surface area contributed by atoms with E-state index in [1.54, 1.807) is 43.6 Å². The van der Waals surface area contributed by atoms with Crippen LogP contribution in [0.1, 0.15) is 44.7 Å². The largest absolute Gasteiger partial charge is 0.481 e. The average molecular weight is 511 g/mol. The van der Waals surface area contributed by atoms with Crippen molar-refractivity contribution in [3.63, 3.8) is 0 Å². The van der Waals surface area contributed by atoms with E-state index in [1.807, 2.05) is 36.4 Å². The van der Waals surface area contributed by atoms with E-state index in [4.69, 9.17) is 0 Å². The predicted octanol–water partition coefficient (Wildman–Crippen LogP) is 6.35. The molecule has 0 saturated heterocycles. The van der Waals surface area contributed by atoms with Crippen molar-refractivity contribution in [2.75, 3.05) is 5.32 Å². The molecular formula is C31H27FN2O4. The Balaban J connectivity index is 1.36. The Morgan fingerprint density at radius 1 is 0.868 bits per heavy atom. The molecule has 0 saturated carbocycles. The minimum atomic E-state index is -0.981. The summed E-state index contributed by atoms with van der Waals surface area (Å²) in [6.07, 6.45) is 4.19. The highest BCUT2D eigenvalue weighted by molar-refractivity contribution is 6.04. The predicted molar refractivity (Wildman–Crippen MR) is 144 cm³/mol. The lowest BCUT2D eigenvalue weighted by atomic mass is 9.92. The second-order valence-corrected chi connectivity index (χ2v) is 9.13. The number of anilines is 1. The minimum Gasteiger partial charge on any atom is -0.481 e. The number of halogens is 1. The normalized spacial score (nSPS) is 11.5. The number of aliphatic carboxylic acids is 1. The van der Waals surface area contributed by atoms with Crippen molar-refractivity contribution in [1.29, 1.82) is 0 Å². The number of nitrogens with zero attached hydrogens (tertiary/aromatic N) is 1. The molecule has 0 spiro atoms. The van der Waals surface area contributed by atoms with Crippen LogP contribution in [0.15, 0.2) is 91.3 Å². The molecule has 3 aromatic carbocycles. The van der Waals surface area contributed by atoms with Gasteiger partial charge in [-0.2, -0.15) is 0 Å². The van der Waals surface area contributed by atoms with Gasteiger partial charge in [0.1, 0.15) is 5.82 Å². The molecule has 192 valence electrons. The summed E-state index contributed by atoms with van der Waals surface area (Å²) >= 11 is 0. The van der Waals surface area contributed by atoms with E-state index in [-0.39, 0.29) is 23.9 Å². The van der Waals surface area contributed by atoms with E-state index < -0.39 is 11.9 Å². The Morgan fingerprint density at radius 3 is 2.08 bits per heavy atom. The SMILES string of the molecule is Cc1cc(C(=O)Nc2ccc(-c3ccc(C(=O)CC(CCc4ccncc4)C(=O)O)cc3)cc2)ccc1F. The molecule has 0 aliphatic heterocycles. The summed E-state index contributed by atoms with van der Waals surface area (Å²) in [6.45, 7) is 1.61. The van der Waals surface area contributed by atoms with Crippen LogP contribution in [0.25, 0.3) is 11.1 Å². The number of pyridine rings is 1. The fourth-order valence-electron chi connectivity index (χ4n) is 4.13. The Hall–Kier alpha value is -4.65. The number of Topliss-reactive ketones (excluding diaryl/α,β-unsaturated/α-hetero) is 1. The first kappa shape index (κ1) is 26.4. The highest BCUT2D eigenvalue weighted by Gasteiger charge is 2.22. The number of nitrogens with one attached hydrogen (secondary N) is 1. The number of carboxylic acids is 1. The monoisotopic (exact) mass is 510 g/mol. The summed E-state index contributed by atoms with van der Waals surface area (Å²) in [5, 5.41) is 12.4. The van der Waals surface area contributed by atoms with Gasteiger partial charge in [0.2, 0.25) is 0 Å². The molecule has 6 nitrogen and oxygen atoms in total. The van der Waals surface area contributed by atoms with Crippen LogP contribution in [-0.2, 0) is 11.2 Å². The fraction of sp³-hybridized carbons (Fsp3) is 0.161. The van der Waals surface area contributed by atoms with Gasteiger partial charge >= 0.3 is 5.97 Å². The molecule has 0 aliphatic carbocycles. The number of aryl methyl sites for hydroxylation is 2. The third-order valence-electron chi connectivity index (χ3n) is 6.41. The van der Waals surface area contributed by atoms with Crippen molar-refractivity contribution in [2.45, 2.75) is 26.2 Å². The molecule has 1 unspecified atom stereocenters. The van der Waals surface area contributed by atoms with Crippen molar-refractivity contribution in [2.24, 2.45) is 5.92 Å². The van der Waals surface area contributed by atoms with Crippen LogP contribution in [-0.4, -0.2) is 27.8 Å². The first-order valence-corrected chi connectivity index (χ1v) is 12.2. The van der Waals surface area contributed by atoms with E-state index in [0.29, 0.717) is 35.2 Å². The Morgan fingerprint density at radius 2 is 1.47 bits per heavy atom. The lowest BCUT2D eigenvalue weighted by Crippen LogP contribution is -2.19. The van der Waals surface area contributed by atoms with Crippen LogP contribution in [0.5, 0.6) is 0 Å². The summed E-state index contributed by atoms with van der Waals surface area (Å²) in [5.74, 6) is -2.65. The second-order valence-electron chi connectivity index (χ2n) is 9.13. The highest BCUT2D eigenvalue weighted by atomic mass is 19.1. The number of ketones is 1. The maximum absolute atomic E-state index is 13.5. The molecule has 7 heteroatoms. The Kier molecular flexibility index (Phi) is 8.38. The molecule has 2 N–H and O–H groups in total. The van der Waals surface area contributed by atoms with Crippen LogP contribution in [0.2, 0.25) is 0 Å². The van der Waals surface area contributed by atoms with Gasteiger partial charge in [-0.05, 0) is 84.5 Å². The van der Waals surface area contributed by atoms with E-state index in [0.717, 1.165) is 16.7 Å². The standard InChI is InChI=1S/C31H27FN2O4/c1-20-18-25(10-13-28(20)32)30(36)34-27-11-8-23(9-12-27)22-4-6-24(7-5-22)29(35)19-26(31(37)38)3-2-21-14-16-33-17-15-21/h4-18,26H,2-3,19H2,1H3,(H,34,36)(H,37,38). The zero-order valence-electron chi connectivity index (χ0n) is 20.9. The zero-order valence-corrected chi connectivity index (χ0v) is 20.9. The van der Waals surface area contributed by atoms with Crippen molar-refractivity contribution in [1.82, 2.24) is 4.98 Å². The Labute approximate surface area is 220 Å². The Bertz CT molecular complexity index is 1440. The number of amides is 1. The number of carboxylic acid groups (broad SMARTS) is 1. The zero-order chi connectivity index (χ0) is 27.1. The summed E-state index contributed by atoms with van der Waals surface area (Å²) in [5.41, 5.74) is 4.58. The van der Waals surface area contributed by atoms with Crippen LogP contribution < -0.4 is 5.32 Å². The van der Waals surface area contributed by atoms with Crippen molar-refractivity contribution >= 4 is 23.3 Å². The molecule has 0 radical (unpaired) electrons. The topological polar surface area (TPSA) is 96.4 Å². The third kappa shape index (κ3) is 6.76. The first-order chi connectivity index (χ1) is 18.3. The number of hydrogen-bond acceptors (Lipinski definition) is 4. The van der Waals surface area contributed by atoms with Crippen LogP contribution >= 0.6 is 0 Å². The van der Waals surface area contributed by atoms with Crippen LogP contribution in [0.3, 0.4) is 0 Å². The third-order valence-corrected chi connectivity index (χ3v) is 6.41. The number of carbonyl (C=O) groups excluding carboxylic acids is 2. The van der Waals surface area contributed by atoms with Gasteiger partial charge < -0.3 is 10.4 Å². The smallest absolute Gasteiger partial charge is 0.306 e. The van der Waals surface area contributed by atoms with E-state index in [9.17, 15) is 23.9 Å². The first-order valence-electron chi connectivity index (χ1n) is 12.2. The maximum atomic E-state index is 13.5. The molecule has 1 atom stereocenters. The van der Waals surface area contributed by atoms with Gasteiger partial charge in [-0.1, -0.05) is 36.4 Å². The lowest BCUT2D eigenvalue weighted by Gasteiger charge is -2.12. The van der Waals surface area contributed by atoms with Crippen LogP contribution in [0.4, 0.5) is 10.1 Å². The molecule has 4 rings (SSSR count). The van der Waals surface area contributed by atoms with Gasteiger partial charge in [-0.15, -0.1) is 0 Å². The molecule has 1 heterocycles. The van der Waals surface area contributed by atoms with Gasteiger partial charge in [-0.3, -0.25) is 19.4 Å². The molecule has 38 heavy (non-hydrogen) atoms. The van der Waals surface area contributed by atoms with Crippen molar-refractivity contribution < 1.29 is 23.9 Å². The van der Waals surface area contributed by atoms with Gasteiger partial charge in [-0.25, -0.2) is 4.39 Å². The molecule has 4 aromatic rings. The van der Waals surface area contributed by atoms with Gasteiger partial charge in [0.15, 0.2) is 5.78 Å². The fourth-order valence-corrected chi connectivity index (χ4v) is 4.13. The lowest BCUT2D eigenvalue weighted by molar-refractivity contribution is -0.141. The minimum absolute atomic E-state index is 0.0677. The number of aromatic nitrogens is 1. The van der Waals surface area contributed by atoms with E-state index in [1.165, 1.54) is 18.2 Å². The summed E-state index contributed by atoms with van der Waals surface area (Å²) in [7, 11) is 0. The van der Waals surface area contributed by atoms with Crippen molar-refractivity contribution in [3.05, 3.63) is 119 Å². The molecule has 1 amide bonds. The summed E-state index contributed by atoms with van der Waals surface area (Å²) in [4.78, 5) is 40.9. The number of carbonyl (C=O) groups is 3. The molecule has 0 aliphatic rings.